The fourth-order valence-electron chi connectivity index (χ4n) is 5.97. The Labute approximate surface area is 229 Å². The van der Waals surface area contributed by atoms with E-state index in [1.807, 2.05) is 0 Å². The minimum atomic E-state index is -3.83. The van der Waals surface area contributed by atoms with Crippen molar-refractivity contribution in [3.8, 4) is 0 Å². The number of rotatable bonds is 11. The standard InChI is InChI=1S/3C10H13.C4H6O2.Sn/c3*1-10(2,3)9-7-5-4-6-8-9;1-3(2)4(5)6;/h3*4-8H,1H2,2-3H3;1H2,2H3,(H,5,6);/q;;;;+1/p-1. The van der Waals surface area contributed by atoms with Crippen molar-refractivity contribution < 1.29 is 7.87 Å². The SMILES string of the molecule is C=C(C)C(=O)[O][Sn]([CH2]C(C)(C)c1ccccc1)([CH2]C(C)(C)c1ccccc1)[CH2]C(C)(C)c1ccccc1. The molecule has 0 N–H and O–H groups in total. The van der Waals surface area contributed by atoms with E-state index in [1.165, 1.54) is 16.7 Å². The molecule has 0 saturated heterocycles. The second kappa shape index (κ2) is 11.6. The average molecular weight is 603 g/mol. The van der Waals surface area contributed by atoms with Crippen LogP contribution in [-0.4, -0.2) is 24.8 Å². The van der Waals surface area contributed by atoms with E-state index >= 15 is 0 Å². The van der Waals surface area contributed by atoms with Gasteiger partial charge >= 0.3 is 230 Å². The van der Waals surface area contributed by atoms with Crippen molar-refractivity contribution in [1.29, 1.82) is 0 Å². The maximum atomic E-state index is 13.4. The number of carbonyl (C=O) groups is 1. The van der Waals surface area contributed by atoms with Crippen LogP contribution in [0.2, 0.25) is 13.3 Å². The Kier molecular flexibility index (Phi) is 9.16. The van der Waals surface area contributed by atoms with E-state index in [2.05, 4.69) is 139 Å². The summed E-state index contributed by atoms with van der Waals surface area (Å²) in [6.45, 7) is 19.6. The molecule has 3 heteroatoms. The predicted molar refractivity (Wildman–Crippen MR) is 159 cm³/mol. The molecule has 0 aliphatic carbocycles. The van der Waals surface area contributed by atoms with Crippen LogP contribution in [0.1, 0.15) is 65.2 Å². The zero-order chi connectivity index (χ0) is 27.3. The summed E-state index contributed by atoms with van der Waals surface area (Å²) in [5, 5.41) is 0. The van der Waals surface area contributed by atoms with Gasteiger partial charge in [0, 0.05) is 0 Å². The fourth-order valence-corrected chi connectivity index (χ4v) is 24.8. The summed E-state index contributed by atoms with van der Waals surface area (Å²) in [6.07, 6.45) is 0. The Bertz CT molecular complexity index is 1050. The van der Waals surface area contributed by atoms with Crippen LogP contribution in [0, 0.1) is 0 Å². The van der Waals surface area contributed by atoms with Gasteiger partial charge in [0.2, 0.25) is 0 Å². The van der Waals surface area contributed by atoms with E-state index in [1.54, 1.807) is 6.92 Å². The van der Waals surface area contributed by atoms with Gasteiger partial charge in [0.1, 0.15) is 0 Å². The molecule has 3 aromatic rings. The first-order chi connectivity index (χ1) is 17.3. The molecule has 0 radical (unpaired) electrons. The monoisotopic (exact) mass is 604 g/mol. The summed E-state index contributed by atoms with van der Waals surface area (Å²) in [6, 6.07) is 32.1. The van der Waals surface area contributed by atoms with Crippen LogP contribution in [0.5, 0.6) is 0 Å². The summed E-state index contributed by atoms with van der Waals surface area (Å²) < 4.78 is 9.54. The Morgan fingerprint density at radius 3 is 1.14 bits per heavy atom. The van der Waals surface area contributed by atoms with E-state index in [-0.39, 0.29) is 22.2 Å². The summed E-state index contributed by atoms with van der Waals surface area (Å²) >= 11 is -3.83. The summed E-state index contributed by atoms with van der Waals surface area (Å²) in [4.78, 5) is 13.4. The molecule has 0 bridgehead atoms. The van der Waals surface area contributed by atoms with Crippen molar-refractivity contribution in [3.63, 3.8) is 0 Å². The molecule has 0 fully saturated rings. The van der Waals surface area contributed by atoms with Crippen LogP contribution in [0.4, 0.5) is 0 Å². The molecule has 0 atom stereocenters. The molecule has 3 aromatic carbocycles. The van der Waals surface area contributed by atoms with Gasteiger partial charge in [-0.05, 0) is 0 Å². The topological polar surface area (TPSA) is 26.3 Å². The van der Waals surface area contributed by atoms with Crippen LogP contribution < -0.4 is 0 Å². The second-order valence-electron chi connectivity index (χ2n) is 12.6. The van der Waals surface area contributed by atoms with Gasteiger partial charge in [0.05, 0.1) is 0 Å². The van der Waals surface area contributed by atoms with Crippen LogP contribution in [0.15, 0.2) is 103 Å². The van der Waals surface area contributed by atoms with E-state index in [0.717, 1.165) is 13.3 Å². The van der Waals surface area contributed by atoms with Crippen molar-refractivity contribution in [2.75, 3.05) is 0 Å². The number of hydrogen-bond donors (Lipinski definition) is 0. The third-order valence-electron chi connectivity index (χ3n) is 7.62. The molecule has 0 unspecified atom stereocenters. The Balaban J connectivity index is 2.17. The molecule has 0 aromatic heterocycles. The second-order valence-corrected chi connectivity index (χ2v) is 23.0. The fraction of sp³-hybridized carbons (Fsp3) is 0.382. The number of benzene rings is 3. The third-order valence-corrected chi connectivity index (χ3v) is 22.5. The maximum absolute atomic E-state index is 13.4. The Morgan fingerprint density at radius 2 is 0.892 bits per heavy atom. The van der Waals surface area contributed by atoms with Crippen LogP contribution in [0.3, 0.4) is 0 Å². The van der Waals surface area contributed by atoms with Crippen molar-refractivity contribution in [1.82, 2.24) is 0 Å². The molecule has 0 aliphatic rings. The molecule has 0 heterocycles. The molecule has 0 amide bonds. The Morgan fingerprint density at radius 1 is 0.622 bits per heavy atom. The van der Waals surface area contributed by atoms with Gasteiger partial charge in [-0.2, -0.15) is 0 Å². The quantitative estimate of drug-likeness (QED) is 0.162. The van der Waals surface area contributed by atoms with Gasteiger partial charge in [0.15, 0.2) is 0 Å². The normalized spacial score (nSPS) is 12.7. The minimum absolute atomic E-state index is 0.133. The van der Waals surface area contributed by atoms with Crippen molar-refractivity contribution in [2.45, 2.75) is 78.0 Å². The van der Waals surface area contributed by atoms with Gasteiger partial charge in [-0.3, -0.25) is 0 Å². The molecular formula is C34H44O2Sn. The summed E-state index contributed by atoms with van der Waals surface area (Å²) in [5.74, 6) is -0.229. The number of hydrogen-bond acceptors (Lipinski definition) is 2. The summed E-state index contributed by atoms with van der Waals surface area (Å²) in [7, 11) is 0. The first-order valence-electron chi connectivity index (χ1n) is 13.3. The van der Waals surface area contributed by atoms with Gasteiger partial charge in [0.25, 0.3) is 0 Å². The van der Waals surface area contributed by atoms with E-state index in [9.17, 15) is 4.79 Å². The van der Waals surface area contributed by atoms with Crippen molar-refractivity contribution in [3.05, 3.63) is 120 Å². The van der Waals surface area contributed by atoms with Crippen molar-refractivity contribution in [2.24, 2.45) is 0 Å². The molecule has 196 valence electrons. The summed E-state index contributed by atoms with van der Waals surface area (Å²) in [5.41, 5.74) is 3.95. The van der Waals surface area contributed by atoms with Crippen molar-refractivity contribution >= 4 is 24.8 Å². The van der Waals surface area contributed by atoms with Gasteiger partial charge in [-0.1, -0.05) is 0 Å². The van der Waals surface area contributed by atoms with Crippen LogP contribution in [0.25, 0.3) is 0 Å². The van der Waals surface area contributed by atoms with Crippen LogP contribution in [-0.2, 0) is 24.1 Å². The first kappa shape index (κ1) is 29.2. The zero-order valence-corrected chi connectivity index (χ0v) is 26.7. The first-order valence-corrected chi connectivity index (χ1v) is 20.5. The van der Waals surface area contributed by atoms with Gasteiger partial charge in [-0.15, -0.1) is 0 Å². The number of carbonyl (C=O) groups excluding carboxylic acids is 1. The molecule has 2 nitrogen and oxygen atoms in total. The molecule has 0 spiro atoms. The van der Waals surface area contributed by atoms with Gasteiger partial charge in [-0.25, -0.2) is 0 Å². The van der Waals surface area contributed by atoms with Crippen LogP contribution >= 0.6 is 0 Å². The van der Waals surface area contributed by atoms with E-state index in [4.69, 9.17) is 3.07 Å². The van der Waals surface area contributed by atoms with E-state index in [0.29, 0.717) is 5.57 Å². The molecule has 37 heavy (non-hydrogen) atoms. The van der Waals surface area contributed by atoms with E-state index < -0.39 is 18.8 Å². The molecule has 3 rings (SSSR count). The predicted octanol–water partition coefficient (Wildman–Crippen LogP) is 8.98. The average Bonchev–Trinajstić information content (AvgIpc) is 2.84. The van der Waals surface area contributed by atoms with Gasteiger partial charge < -0.3 is 0 Å². The molecule has 0 saturated carbocycles. The third kappa shape index (κ3) is 7.60. The molecular weight excluding hydrogens is 559 g/mol. The Hall–Kier alpha value is -2.33. The molecule has 0 aliphatic heterocycles. The zero-order valence-electron chi connectivity index (χ0n) is 23.8.